The van der Waals surface area contributed by atoms with Crippen LogP contribution in [0, 0.1) is 11.8 Å². The van der Waals surface area contributed by atoms with Gasteiger partial charge in [-0.05, 0) is 18.6 Å². The van der Waals surface area contributed by atoms with Crippen LogP contribution in [0.3, 0.4) is 0 Å². The number of amides is 2. The number of rotatable bonds is 4. The minimum atomic E-state index is -0.159. The number of hydrogen-bond donors (Lipinski definition) is 0. The van der Waals surface area contributed by atoms with E-state index in [0.717, 1.165) is 24.3 Å². The van der Waals surface area contributed by atoms with Crippen molar-refractivity contribution in [3.05, 3.63) is 0 Å². The molecule has 0 aliphatic carbocycles. The number of thioether (sulfide) groups is 1. The average molecular weight is 255 g/mol. The fourth-order valence-electron chi connectivity index (χ4n) is 3.29. The lowest BCUT2D eigenvalue weighted by atomic mass is 9.81. The summed E-state index contributed by atoms with van der Waals surface area (Å²) in [5.41, 5.74) is 0. The van der Waals surface area contributed by atoms with Crippen molar-refractivity contribution in [2.75, 3.05) is 18.1 Å². The van der Waals surface area contributed by atoms with Crippen LogP contribution in [0.2, 0.25) is 0 Å². The Hall–Kier alpha value is -0.550. The highest BCUT2D eigenvalue weighted by molar-refractivity contribution is 7.99. The second-order valence-electron chi connectivity index (χ2n) is 4.87. The zero-order valence-corrected chi connectivity index (χ0v) is 10.7. The number of fused-ring (bicyclic) bond motifs is 5. The average Bonchev–Trinajstić information content (AvgIpc) is 2.97. The van der Waals surface area contributed by atoms with E-state index in [-0.39, 0.29) is 35.9 Å². The normalized spacial score (nSPS) is 39.2. The Morgan fingerprint density at radius 3 is 2.35 bits per heavy atom. The number of ether oxygens (including phenoxy) is 1. The summed E-state index contributed by atoms with van der Waals surface area (Å²) in [6, 6.07) is 0. The Balaban J connectivity index is 1.72. The van der Waals surface area contributed by atoms with Crippen molar-refractivity contribution in [1.29, 1.82) is 0 Å². The molecule has 0 saturated carbocycles. The van der Waals surface area contributed by atoms with E-state index in [1.54, 1.807) is 11.8 Å². The van der Waals surface area contributed by atoms with Crippen molar-refractivity contribution < 1.29 is 14.3 Å². The summed E-state index contributed by atoms with van der Waals surface area (Å²) >= 11 is 1.77. The van der Waals surface area contributed by atoms with Gasteiger partial charge in [0, 0.05) is 12.3 Å². The highest BCUT2D eigenvalue weighted by atomic mass is 32.2. The third kappa shape index (κ3) is 1.63. The summed E-state index contributed by atoms with van der Waals surface area (Å²) in [6.45, 7) is 2.66. The second-order valence-corrected chi connectivity index (χ2v) is 6.26. The van der Waals surface area contributed by atoms with Gasteiger partial charge in [0.2, 0.25) is 11.8 Å². The van der Waals surface area contributed by atoms with Crippen molar-refractivity contribution in [3.63, 3.8) is 0 Å². The molecule has 0 aromatic heterocycles. The van der Waals surface area contributed by atoms with Gasteiger partial charge in [-0.3, -0.25) is 14.5 Å². The molecule has 4 unspecified atom stereocenters. The standard InChI is InChI=1S/C12H17NO3S/c1-2-17-6-5-13-11(14)9-7-3-4-8(16-7)10(9)12(13)15/h7-10H,2-6H2,1H3. The molecule has 0 spiro atoms. The maximum atomic E-state index is 12.2. The van der Waals surface area contributed by atoms with Gasteiger partial charge >= 0.3 is 0 Å². The molecule has 17 heavy (non-hydrogen) atoms. The molecule has 94 valence electrons. The predicted molar refractivity (Wildman–Crippen MR) is 64.6 cm³/mol. The molecule has 0 N–H and O–H groups in total. The van der Waals surface area contributed by atoms with Crippen LogP contribution in [0.25, 0.3) is 0 Å². The second kappa shape index (κ2) is 4.28. The van der Waals surface area contributed by atoms with Crippen molar-refractivity contribution in [2.24, 2.45) is 11.8 Å². The lowest BCUT2D eigenvalue weighted by Gasteiger charge is -2.16. The van der Waals surface area contributed by atoms with E-state index in [0.29, 0.717) is 6.54 Å². The van der Waals surface area contributed by atoms with Gasteiger partial charge in [0.15, 0.2) is 0 Å². The van der Waals surface area contributed by atoms with E-state index in [2.05, 4.69) is 6.92 Å². The van der Waals surface area contributed by atoms with Crippen LogP contribution in [0.5, 0.6) is 0 Å². The summed E-state index contributed by atoms with van der Waals surface area (Å²) in [4.78, 5) is 25.9. The van der Waals surface area contributed by atoms with Gasteiger partial charge in [0.25, 0.3) is 0 Å². The first-order valence-electron chi connectivity index (χ1n) is 6.32. The van der Waals surface area contributed by atoms with Gasteiger partial charge in [0.05, 0.1) is 24.0 Å². The lowest BCUT2D eigenvalue weighted by Crippen LogP contribution is -2.35. The zero-order chi connectivity index (χ0) is 12.0. The molecule has 0 radical (unpaired) electrons. The number of hydrogen-bond acceptors (Lipinski definition) is 4. The monoisotopic (exact) mass is 255 g/mol. The Kier molecular flexibility index (Phi) is 2.91. The fraction of sp³-hybridized carbons (Fsp3) is 0.833. The van der Waals surface area contributed by atoms with Gasteiger partial charge in [0.1, 0.15) is 0 Å². The van der Waals surface area contributed by atoms with Crippen molar-refractivity contribution >= 4 is 23.6 Å². The fourth-order valence-corrected chi connectivity index (χ4v) is 3.89. The molecule has 4 atom stereocenters. The number of carbonyl (C=O) groups excluding carboxylic acids is 2. The van der Waals surface area contributed by atoms with E-state index < -0.39 is 0 Å². The van der Waals surface area contributed by atoms with Crippen LogP contribution < -0.4 is 0 Å². The molecular formula is C12H17NO3S. The molecule has 2 bridgehead atoms. The van der Waals surface area contributed by atoms with E-state index in [4.69, 9.17) is 4.74 Å². The number of carbonyl (C=O) groups is 2. The molecule has 3 saturated heterocycles. The van der Waals surface area contributed by atoms with Gasteiger partial charge in [-0.25, -0.2) is 0 Å². The van der Waals surface area contributed by atoms with Crippen LogP contribution in [0.15, 0.2) is 0 Å². The van der Waals surface area contributed by atoms with Crippen molar-refractivity contribution in [2.45, 2.75) is 32.0 Å². The maximum Gasteiger partial charge on any atom is 0.235 e. The van der Waals surface area contributed by atoms with Crippen LogP contribution in [0.4, 0.5) is 0 Å². The first kappa shape index (κ1) is 11.5. The smallest absolute Gasteiger partial charge is 0.235 e. The Labute approximate surface area is 105 Å². The summed E-state index contributed by atoms with van der Waals surface area (Å²) < 4.78 is 5.68. The van der Waals surface area contributed by atoms with E-state index >= 15 is 0 Å². The molecular weight excluding hydrogens is 238 g/mol. The summed E-state index contributed by atoms with van der Waals surface area (Å²) in [6.07, 6.45) is 1.93. The predicted octanol–water partition coefficient (Wildman–Crippen LogP) is 0.902. The highest BCUT2D eigenvalue weighted by Crippen LogP contribution is 2.48. The minimum Gasteiger partial charge on any atom is -0.373 e. The number of nitrogens with zero attached hydrogens (tertiary/aromatic N) is 1. The first-order valence-corrected chi connectivity index (χ1v) is 7.48. The van der Waals surface area contributed by atoms with Crippen LogP contribution in [-0.4, -0.2) is 47.0 Å². The van der Waals surface area contributed by atoms with Crippen LogP contribution in [-0.2, 0) is 14.3 Å². The molecule has 3 aliphatic rings. The highest BCUT2D eigenvalue weighted by Gasteiger charge is 2.62. The Morgan fingerprint density at radius 1 is 1.24 bits per heavy atom. The molecule has 2 amide bonds. The third-order valence-electron chi connectivity index (χ3n) is 4.04. The third-order valence-corrected chi connectivity index (χ3v) is 4.92. The summed E-state index contributed by atoms with van der Waals surface area (Å²) in [5, 5.41) is 0. The Bertz CT molecular complexity index is 332. The van der Waals surface area contributed by atoms with Gasteiger partial charge in [-0.1, -0.05) is 6.92 Å². The van der Waals surface area contributed by atoms with Gasteiger partial charge in [-0.15, -0.1) is 0 Å². The summed E-state index contributed by atoms with van der Waals surface area (Å²) in [7, 11) is 0. The number of imide groups is 1. The van der Waals surface area contributed by atoms with E-state index in [9.17, 15) is 9.59 Å². The largest absolute Gasteiger partial charge is 0.373 e. The quantitative estimate of drug-likeness (QED) is 0.553. The molecule has 3 heterocycles. The summed E-state index contributed by atoms with van der Waals surface area (Å²) in [5.74, 6) is 1.59. The van der Waals surface area contributed by atoms with Crippen molar-refractivity contribution in [1.82, 2.24) is 4.90 Å². The Morgan fingerprint density at radius 2 is 1.82 bits per heavy atom. The topological polar surface area (TPSA) is 46.6 Å². The molecule has 3 fully saturated rings. The maximum absolute atomic E-state index is 12.2. The minimum absolute atomic E-state index is 0.0175. The molecule has 5 heteroatoms. The van der Waals surface area contributed by atoms with E-state index in [1.807, 2.05) is 0 Å². The van der Waals surface area contributed by atoms with Crippen LogP contribution >= 0.6 is 11.8 Å². The SMILES string of the molecule is CCSCCN1C(=O)C2C3CCC(O3)C2C1=O. The number of likely N-dealkylation sites (tertiary alicyclic amines) is 1. The van der Waals surface area contributed by atoms with Crippen molar-refractivity contribution in [3.8, 4) is 0 Å². The molecule has 4 nitrogen and oxygen atoms in total. The van der Waals surface area contributed by atoms with E-state index in [1.165, 1.54) is 4.90 Å². The first-order chi connectivity index (χ1) is 8.24. The van der Waals surface area contributed by atoms with Crippen LogP contribution in [0.1, 0.15) is 19.8 Å². The molecule has 0 aromatic carbocycles. The zero-order valence-electron chi connectivity index (χ0n) is 9.93. The molecule has 0 aromatic rings. The van der Waals surface area contributed by atoms with Gasteiger partial charge in [-0.2, -0.15) is 11.8 Å². The molecule has 3 aliphatic heterocycles. The lowest BCUT2D eigenvalue weighted by molar-refractivity contribution is -0.142. The molecule has 3 rings (SSSR count). The van der Waals surface area contributed by atoms with Gasteiger partial charge < -0.3 is 4.74 Å².